The van der Waals surface area contributed by atoms with E-state index in [2.05, 4.69) is 15.1 Å². The lowest BCUT2D eigenvalue weighted by molar-refractivity contribution is -0.116. The van der Waals surface area contributed by atoms with Crippen molar-refractivity contribution >= 4 is 28.9 Å². The Bertz CT molecular complexity index is 863. The number of hydrogen-bond acceptors (Lipinski definition) is 6. The van der Waals surface area contributed by atoms with Crippen LogP contribution in [0.5, 0.6) is 0 Å². The SMILES string of the molecule is CCOC(=O)c1cccc(N(CC)CCC(=O)Nc2ccc(N3CCOCC3)cc2)c1. The van der Waals surface area contributed by atoms with Crippen molar-refractivity contribution in [3.05, 3.63) is 54.1 Å². The first-order valence-electron chi connectivity index (χ1n) is 10.9. The van der Waals surface area contributed by atoms with Crippen LogP contribution in [0.4, 0.5) is 17.1 Å². The van der Waals surface area contributed by atoms with Gasteiger partial charge in [-0.25, -0.2) is 4.79 Å². The molecule has 2 aromatic carbocycles. The van der Waals surface area contributed by atoms with E-state index in [1.165, 1.54) is 0 Å². The van der Waals surface area contributed by atoms with Crippen molar-refractivity contribution in [2.45, 2.75) is 20.3 Å². The lowest BCUT2D eigenvalue weighted by Crippen LogP contribution is -2.36. The van der Waals surface area contributed by atoms with Crippen molar-refractivity contribution in [3.63, 3.8) is 0 Å². The van der Waals surface area contributed by atoms with Crippen molar-refractivity contribution in [2.75, 3.05) is 61.1 Å². The van der Waals surface area contributed by atoms with Gasteiger partial charge in [-0.3, -0.25) is 4.79 Å². The number of esters is 1. The smallest absolute Gasteiger partial charge is 0.338 e. The highest BCUT2D eigenvalue weighted by molar-refractivity contribution is 5.92. The van der Waals surface area contributed by atoms with Gasteiger partial charge in [-0.15, -0.1) is 0 Å². The largest absolute Gasteiger partial charge is 0.462 e. The summed E-state index contributed by atoms with van der Waals surface area (Å²) in [7, 11) is 0. The van der Waals surface area contributed by atoms with E-state index < -0.39 is 0 Å². The summed E-state index contributed by atoms with van der Waals surface area (Å²) < 4.78 is 10.5. The molecule has 1 aliphatic heterocycles. The number of carbonyl (C=O) groups is 2. The van der Waals surface area contributed by atoms with Crippen LogP contribution in [0.3, 0.4) is 0 Å². The Morgan fingerprint density at radius 3 is 2.52 bits per heavy atom. The van der Waals surface area contributed by atoms with Crippen LogP contribution in [0.2, 0.25) is 0 Å². The van der Waals surface area contributed by atoms with Gasteiger partial charge in [-0.05, 0) is 56.3 Å². The number of rotatable bonds is 9. The minimum atomic E-state index is -0.335. The zero-order valence-corrected chi connectivity index (χ0v) is 18.3. The normalized spacial score (nSPS) is 13.5. The number of anilines is 3. The summed E-state index contributed by atoms with van der Waals surface area (Å²) in [5.41, 5.74) is 3.34. The minimum Gasteiger partial charge on any atom is -0.462 e. The molecule has 0 bridgehead atoms. The second-order valence-electron chi connectivity index (χ2n) is 7.29. The standard InChI is InChI=1S/C24H31N3O4/c1-3-26(22-7-5-6-19(18-22)24(29)31-4-2)13-12-23(28)25-20-8-10-21(11-9-20)27-14-16-30-17-15-27/h5-11,18H,3-4,12-17H2,1-2H3,(H,25,28). The summed E-state index contributed by atoms with van der Waals surface area (Å²) in [6, 6.07) is 15.2. The Morgan fingerprint density at radius 1 is 1.10 bits per heavy atom. The van der Waals surface area contributed by atoms with Crippen molar-refractivity contribution < 1.29 is 19.1 Å². The van der Waals surface area contributed by atoms with E-state index in [9.17, 15) is 9.59 Å². The van der Waals surface area contributed by atoms with Gasteiger partial charge in [-0.1, -0.05) is 6.07 Å². The van der Waals surface area contributed by atoms with Gasteiger partial charge in [0.1, 0.15) is 0 Å². The van der Waals surface area contributed by atoms with E-state index in [4.69, 9.17) is 9.47 Å². The van der Waals surface area contributed by atoms with Crippen LogP contribution in [0.25, 0.3) is 0 Å². The summed E-state index contributed by atoms with van der Waals surface area (Å²) in [4.78, 5) is 28.8. The van der Waals surface area contributed by atoms with Gasteiger partial charge in [0.25, 0.3) is 0 Å². The third-order valence-electron chi connectivity index (χ3n) is 5.24. The number of benzene rings is 2. The molecule has 0 aliphatic carbocycles. The lowest BCUT2D eigenvalue weighted by Gasteiger charge is -2.28. The first-order chi connectivity index (χ1) is 15.1. The Kier molecular flexibility index (Phi) is 8.29. The number of amides is 1. The zero-order chi connectivity index (χ0) is 22.1. The van der Waals surface area contributed by atoms with Crippen LogP contribution >= 0.6 is 0 Å². The molecule has 7 heteroatoms. The van der Waals surface area contributed by atoms with E-state index in [-0.39, 0.29) is 11.9 Å². The zero-order valence-electron chi connectivity index (χ0n) is 18.3. The highest BCUT2D eigenvalue weighted by Crippen LogP contribution is 2.20. The lowest BCUT2D eigenvalue weighted by atomic mass is 10.2. The second-order valence-corrected chi connectivity index (χ2v) is 7.29. The van der Waals surface area contributed by atoms with Crippen LogP contribution in [0, 0.1) is 0 Å². The molecular weight excluding hydrogens is 394 g/mol. The van der Waals surface area contributed by atoms with Gasteiger partial charge >= 0.3 is 5.97 Å². The first kappa shape index (κ1) is 22.6. The molecule has 0 aromatic heterocycles. The molecule has 1 saturated heterocycles. The minimum absolute atomic E-state index is 0.0425. The van der Waals surface area contributed by atoms with Gasteiger partial charge in [-0.2, -0.15) is 0 Å². The Balaban J connectivity index is 1.53. The second kappa shape index (κ2) is 11.4. The molecule has 7 nitrogen and oxygen atoms in total. The predicted octanol–water partition coefficient (Wildman–Crippen LogP) is 3.56. The van der Waals surface area contributed by atoms with Crippen LogP contribution in [-0.2, 0) is 14.3 Å². The maximum atomic E-state index is 12.5. The fraction of sp³-hybridized carbons (Fsp3) is 0.417. The average molecular weight is 426 g/mol. The first-order valence-corrected chi connectivity index (χ1v) is 10.9. The summed E-state index contributed by atoms with van der Waals surface area (Å²) in [5, 5.41) is 2.97. The summed E-state index contributed by atoms with van der Waals surface area (Å²) in [5.74, 6) is -0.377. The van der Waals surface area contributed by atoms with Gasteiger partial charge < -0.3 is 24.6 Å². The van der Waals surface area contributed by atoms with Gasteiger partial charge in [0.15, 0.2) is 0 Å². The Labute approximate surface area is 183 Å². The fourth-order valence-electron chi connectivity index (χ4n) is 3.55. The van der Waals surface area contributed by atoms with Crippen LogP contribution in [0.1, 0.15) is 30.6 Å². The maximum absolute atomic E-state index is 12.5. The molecule has 1 fully saturated rings. The molecule has 166 valence electrons. The monoisotopic (exact) mass is 425 g/mol. The predicted molar refractivity (Wildman–Crippen MR) is 123 cm³/mol. The molecule has 1 N–H and O–H groups in total. The highest BCUT2D eigenvalue weighted by atomic mass is 16.5. The summed E-state index contributed by atoms with van der Waals surface area (Å²) in [6.07, 6.45) is 0.350. The number of morpholine rings is 1. The fourth-order valence-corrected chi connectivity index (χ4v) is 3.55. The molecule has 3 rings (SSSR count). The number of nitrogens with one attached hydrogen (secondary N) is 1. The molecule has 1 heterocycles. The van der Waals surface area contributed by atoms with Crippen LogP contribution in [0.15, 0.2) is 48.5 Å². The van der Waals surface area contributed by atoms with Crippen LogP contribution < -0.4 is 15.1 Å². The third kappa shape index (κ3) is 6.46. The molecule has 0 radical (unpaired) electrons. The van der Waals surface area contributed by atoms with Crippen molar-refractivity contribution in [3.8, 4) is 0 Å². The number of carbonyl (C=O) groups excluding carboxylic acids is 2. The molecule has 0 atom stereocenters. The van der Waals surface area contributed by atoms with Crippen molar-refractivity contribution in [1.82, 2.24) is 0 Å². The number of ether oxygens (including phenoxy) is 2. The number of nitrogens with zero attached hydrogens (tertiary/aromatic N) is 2. The molecular formula is C24H31N3O4. The molecule has 1 aliphatic rings. The van der Waals surface area contributed by atoms with Gasteiger partial charge in [0.2, 0.25) is 5.91 Å². The highest BCUT2D eigenvalue weighted by Gasteiger charge is 2.13. The van der Waals surface area contributed by atoms with Crippen molar-refractivity contribution in [2.24, 2.45) is 0 Å². The summed E-state index contributed by atoms with van der Waals surface area (Å²) >= 11 is 0. The molecule has 0 unspecified atom stereocenters. The third-order valence-corrected chi connectivity index (χ3v) is 5.24. The van der Waals surface area contributed by atoms with E-state index in [1.54, 1.807) is 13.0 Å². The molecule has 1 amide bonds. The Hall–Kier alpha value is -3.06. The molecule has 0 spiro atoms. The van der Waals surface area contributed by atoms with Crippen LogP contribution in [-0.4, -0.2) is 57.9 Å². The van der Waals surface area contributed by atoms with E-state index in [1.807, 2.05) is 49.4 Å². The molecule has 2 aromatic rings. The van der Waals surface area contributed by atoms with E-state index in [0.717, 1.165) is 49.9 Å². The average Bonchev–Trinajstić information content (AvgIpc) is 2.81. The maximum Gasteiger partial charge on any atom is 0.338 e. The Morgan fingerprint density at radius 2 is 1.84 bits per heavy atom. The van der Waals surface area contributed by atoms with E-state index in [0.29, 0.717) is 25.1 Å². The molecule has 0 saturated carbocycles. The van der Waals surface area contributed by atoms with Crippen molar-refractivity contribution in [1.29, 1.82) is 0 Å². The quantitative estimate of drug-likeness (QED) is 0.620. The summed E-state index contributed by atoms with van der Waals surface area (Å²) in [6.45, 7) is 8.70. The van der Waals surface area contributed by atoms with Gasteiger partial charge in [0, 0.05) is 49.7 Å². The topological polar surface area (TPSA) is 71.1 Å². The van der Waals surface area contributed by atoms with E-state index >= 15 is 0 Å². The number of hydrogen-bond donors (Lipinski definition) is 1. The van der Waals surface area contributed by atoms with Gasteiger partial charge in [0.05, 0.1) is 25.4 Å². The molecule has 31 heavy (non-hydrogen) atoms.